The lowest BCUT2D eigenvalue weighted by atomic mass is 10.1. The maximum Gasteiger partial charge on any atom is 0.303 e. The third kappa shape index (κ3) is 21.0. The number of hydrogen-bond acceptors (Lipinski definition) is 5. The van der Waals surface area contributed by atoms with Gasteiger partial charge in [-0.3, -0.25) is 9.59 Å². The first-order valence-electron chi connectivity index (χ1n) is 10.3. The van der Waals surface area contributed by atoms with Gasteiger partial charge in [-0.25, -0.2) is 0 Å². The second-order valence-corrected chi connectivity index (χ2v) is 7.37. The Morgan fingerprint density at radius 1 is 0.667 bits per heavy atom. The van der Waals surface area contributed by atoms with Crippen LogP contribution in [0, 0.1) is 0 Å². The number of nitrogens with zero attached hydrogens (tertiary/aromatic N) is 2. The van der Waals surface area contributed by atoms with Crippen molar-refractivity contribution in [3.8, 4) is 0 Å². The smallest absolute Gasteiger partial charge is 0.303 e. The molecule has 0 aromatic heterocycles. The monoisotopic (exact) mass is 388 g/mol. The molecule has 2 N–H and O–H groups in total. The zero-order valence-corrected chi connectivity index (χ0v) is 17.3. The first kappa shape index (κ1) is 25.8. The molecule has 0 aliphatic rings. The number of ether oxygens (including phenoxy) is 1. The Morgan fingerprint density at radius 2 is 1.19 bits per heavy atom. The molecule has 160 valence electrons. The quantitative estimate of drug-likeness (QED) is 0.310. The van der Waals surface area contributed by atoms with Gasteiger partial charge < -0.3 is 24.7 Å². The van der Waals surface area contributed by atoms with Crippen LogP contribution in [0.15, 0.2) is 0 Å². The highest BCUT2D eigenvalue weighted by molar-refractivity contribution is 5.66. The van der Waals surface area contributed by atoms with Crippen LogP contribution >= 0.6 is 0 Å². The van der Waals surface area contributed by atoms with E-state index in [1.54, 1.807) is 0 Å². The molecule has 7 heteroatoms. The van der Waals surface area contributed by atoms with Gasteiger partial charge in [0.05, 0.1) is 6.61 Å². The summed E-state index contributed by atoms with van der Waals surface area (Å²) in [6.07, 6.45) is 7.98. The molecule has 0 amide bonds. The molecule has 0 spiro atoms. The van der Waals surface area contributed by atoms with E-state index in [0.717, 1.165) is 84.2 Å². The summed E-state index contributed by atoms with van der Waals surface area (Å²) in [4.78, 5) is 25.7. The average Bonchev–Trinajstić information content (AvgIpc) is 2.58. The van der Waals surface area contributed by atoms with Crippen molar-refractivity contribution >= 4 is 11.9 Å². The van der Waals surface area contributed by atoms with Crippen LogP contribution in [0.2, 0.25) is 0 Å². The van der Waals surface area contributed by atoms with Crippen molar-refractivity contribution in [2.45, 2.75) is 64.2 Å². The molecule has 0 aliphatic heterocycles. The molecule has 0 aromatic carbocycles. The van der Waals surface area contributed by atoms with E-state index in [-0.39, 0.29) is 12.8 Å². The molecular weight excluding hydrogens is 348 g/mol. The van der Waals surface area contributed by atoms with E-state index >= 15 is 0 Å². The Kier molecular flexibility index (Phi) is 17.4. The van der Waals surface area contributed by atoms with Crippen molar-refractivity contribution in [1.29, 1.82) is 0 Å². The Bertz CT molecular complexity index is 353. The van der Waals surface area contributed by atoms with Gasteiger partial charge in [-0.05, 0) is 72.3 Å². The van der Waals surface area contributed by atoms with Gasteiger partial charge in [-0.15, -0.1) is 0 Å². The second kappa shape index (κ2) is 18.2. The van der Waals surface area contributed by atoms with Gasteiger partial charge in [0.1, 0.15) is 0 Å². The molecule has 27 heavy (non-hydrogen) atoms. The number of carboxylic acid groups (broad SMARTS) is 2. The second-order valence-electron chi connectivity index (χ2n) is 7.37. The SMILES string of the molecule is CN(C)CCCCOCCN(CCCCCC(=O)O)CCCCCC(=O)O. The molecular formula is C20H40N2O5. The van der Waals surface area contributed by atoms with E-state index in [0.29, 0.717) is 6.61 Å². The van der Waals surface area contributed by atoms with Gasteiger partial charge in [0.2, 0.25) is 0 Å². The van der Waals surface area contributed by atoms with Gasteiger partial charge in [0.15, 0.2) is 0 Å². The van der Waals surface area contributed by atoms with E-state index in [4.69, 9.17) is 14.9 Å². The molecule has 0 aliphatic carbocycles. The van der Waals surface area contributed by atoms with E-state index in [2.05, 4.69) is 23.9 Å². The predicted molar refractivity (Wildman–Crippen MR) is 107 cm³/mol. The van der Waals surface area contributed by atoms with Crippen LogP contribution in [0.3, 0.4) is 0 Å². The van der Waals surface area contributed by atoms with Crippen LogP contribution in [0.25, 0.3) is 0 Å². The van der Waals surface area contributed by atoms with E-state index in [1.807, 2.05) is 0 Å². The highest BCUT2D eigenvalue weighted by Gasteiger charge is 2.06. The van der Waals surface area contributed by atoms with Crippen LogP contribution in [0.1, 0.15) is 64.2 Å². The number of hydrogen-bond donors (Lipinski definition) is 2. The van der Waals surface area contributed by atoms with Crippen molar-refractivity contribution in [1.82, 2.24) is 9.80 Å². The summed E-state index contributed by atoms with van der Waals surface area (Å²) in [6, 6.07) is 0. The summed E-state index contributed by atoms with van der Waals surface area (Å²) in [6.45, 7) is 5.36. The van der Waals surface area contributed by atoms with Gasteiger partial charge in [-0.2, -0.15) is 0 Å². The summed E-state index contributed by atoms with van der Waals surface area (Å²) in [7, 11) is 4.15. The zero-order valence-electron chi connectivity index (χ0n) is 17.3. The highest BCUT2D eigenvalue weighted by Crippen LogP contribution is 2.06. The van der Waals surface area contributed by atoms with Crippen LogP contribution in [0.5, 0.6) is 0 Å². The Hall–Kier alpha value is -1.18. The lowest BCUT2D eigenvalue weighted by Gasteiger charge is -2.22. The minimum absolute atomic E-state index is 0.241. The average molecular weight is 389 g/mol. The number of aliphatic carboxylic acids is 2. The summed E-state index contributed by atoms with van der Waals surface area (Å²) < 4.78 is 5.75. The Balaban J connectivity index is 3.89. The minimum Gasteiger partial charge on any atom is -0.481 e. The van der Waals surface area contributed by atoms with Crippen molar-refractivity contribution in [2.24, 2.45) is 0 Å². The van der Waals surface area contributed by atoms with Gasteiger partial charge in [0, 0.05) is 26.0 Å². The van der Waals surface area contributed by atoms with Crippen LogP contribution in [-0.2, 0) is 14.3 Å². The van der Waals surface area contributed by atoms with E-state index in [9.17, 15) is 9.59 Å². The first-order valence-corrected chi connectivity index (χ1v) is 10.3. The van der Waals surface area contributed by atoms with Gasteiger partial charge in [-0.1, -0.05) is 12.8 Å². The van der Waals surface area contributed by atoms with Gasteiger partial charge >= 0.3 is 11.9 Å². The molecule has 0 rings (SSSR count). The van der Waals surface area contributed by atoms with Crippen molar-refractivity contribution in [3.05, 3.63) is 0 Å². The van der Waals surface area contributed by atoms with E-state index < -0.39 is 11.9 Å². The molecule has 0 saturated carbocycles. The molecule has 0 atom stereocenters. The number of unbranched alkanes of at least 4 members (excludes halogenated alkanes) is 5. The first-order chi connectivity index (χ1) is 12.9. The molecule has 0 bridgehead atoms. The maximum atomic E-state index is 10.6. The lowest BCUT2D eigenvalue weighted by Crippen LogP contribution is -2.30. The number of carbonyl (C=O) groups is 2. The summed E-state index contributed by atoms with van der Waals surface area (Å²) in [5.41, 5.74) is 0. The molecule has 0 saturated heterocycles. The van der Waals surface area contributed by atoms with Crippen LogP contribution < -0.4 is 0 Å². The van der Waals surface area contributed by atoms with Crippen molar-refractivity contribution < 1.29 is 24.5 Å². The topological polar surface area (TPSA) is 90.3 Å². The molecule has 7 nitrogen and oxygen atoms in total. The fourth-order valence-corrected chi connectivity index (χ4v) is 2.84. The maximum absolute atomic E-state index is 10.6. The zero-order chi connectivity index (χ0) is 20.3. The molecule has 0 heterocycles. The fourth-order valence-electron chi connectivity index (χ4n) is 2.84. The molecule has 0 radical (unpaired) electrons. The fraction of sp³-hybridized carbons (Fsp3) is 0.900. The molecule has 0 unspecified atom stereocenters. The third-order valence-electron chi connectivity index (χ3n) is 4.43. The van der Waals surface area contributed by atoms with Crippen molar-refractivity contribution in [3.63, 3.8) is 0 Å². The molecule has 0 aromatic rings. The largest absolute Gasteiger partial charge is 0.481 e. The Morgan fingerprint density at radius 3 is 1.67 bits per heavy atom. The molecule has 0 fully saturated rings. The van der Waals surface area contributed by atoms with Crippen molar-refractivity contribution in [2.75, 3.05) is 53.5 Å². The van der Waals surface area contributed by atoms with Crippen LogP contribution in [-0.4, -0.2) is 85.4 Å². The third-order valence-corrected chi connectivity index (χ3v) is 4.43. The number of rotatable bonds is 20. The number of carboxylic acids is 2. The normalized spacial score (nSPS) is 11.4. The van der Waals surface area contributed by atoms with E-state index in [1.165, 1.54) is 0 Å². The summed E-state index contributed by atoms with van der Waals surface area (Å²) >= 11 is 0. The van der Waals surface area contributed by atoms with Crippen LogP contribution in [0.4, 0.5) is 0 Å². The minimum atomic E-state index is -0.729. The van der Waals surface area contributed by atoms with Gasteiger partial charge in [0.25, 0.3) is 0 Å². The Labute approximate surface area is 164 Å². The summed E-state index contributed by atoms with van der Waals surface area (Å²) in [5.74, 6) is -1.46. The highest BCUT2D eigenvalue weighted by atomic mass is 16.5. The summed E-state index contributed by atoms with van der Waals surface area (Å²) in [5, 5.41) is 17.4. The standard InChI is InChI=1S/C20H40N2O5/c1-21(2)13-9-10-17-27-18-16-22(14-7-3-5-11-19(23)24)15-8-4-6-12-20(25)26/h3-18H2,1-2H3,(H,23,24)(H,25,26). The predicted octanol–water partition coefficient (Wildman–Crippen LogP) is 2.94. The lowest BCUT2D eigenvalue weighted by molar-refractivity contribution is -0.138.